The second-order valence-electron chi connectivity index (χ2n) is 8.12. The Morgan fingerprint density at radius 1 is 1.20 bits per heavy atom. The average Bonchev–Trinajstić information content (AvgIpc) is 3.32. The summed E-state index contributed by atoms with van der Waals surface area (Å²) in [5.74, 6) is -0.826. The first-order chi connectivity index (χ1) is 16.2. The van der Waals surface area contributed by atoms with Crippen molar-refractivity contribution in [2.75, 3.05) is 6.61 Å². The third kappa shape index (κ3) is 6.83. The molecule has 1 aromatic carbocycles. The zero-order chi connectivity index (χ0) is 24.8. The number of ether oxygens (including phenoxy) is 1. The van der Waals surface area contributed by atoms with Gasteiger partial charge < -0.3 is 19.7 Å². The van der Waals surface area contributed by atoms with Crippen LogP contribution in [-0.4, -0.2) is 44.6 Å². The van der Waals surface area contributed by atoms with Crippen molar-refractivity contribution < 1.29 is 28.3 Å². The van der Waals surface area contributed by atoms with Gasteiger partial charge in [-0.3, -0.25) is 9.59 Å². The summed E-state index contributed by atoms with van der Waals surface area (Å²) >= 11 is 0. The van der Waals surface area contributed by atoms with Crippen LogP contribution in [0, 0.1) is 11.7 Å². The van der Waals surface area contributed by atoms with Crippen molar-refractivity contribution in [1.82, 2.24) is 20.4 Å². The molecule has 0 aliphatic rings. The van der Waals surface area contributed by atoms with Crippen molar-refractivity contribution in [3.8, 4) is 17.1 Å². The van der Waals surface area contributed by atoms with Crippen LogP contribution in [0.1, 0.15) is 67.0 Å². The number of amides is 1. The summed E-state index contributed by atoms with van der Waals surface area (Å²) in [6.07, 6.45) is 1.39. The van der Waals surface area contributed by atoms with E-state index < -0.39 is 23.9 Å². The van der Waals surface area contributed by atoms with Crippen LogP contribution in [0.3, 0.4) is 0 Å². The van der Waals surface area contributed by atoms with E-state index in [9.17, 15) is 14.0 Å². The number of benzene rings is 1. The van der Waals surface area contributed by atoms with Crippen molar-refractivity contribution in [2.45, 2.75) is 46.3 Å². The van der Waals surface area contributed by atoms with Gasteiger partial charge in [0.05, 0.1) is 18.4 Å². The average molecular weight is 507 g/mol. The quantitative estimate of drug-likeness (QED) is 0.392. The van der Waals surface area contributed by atoms with Gasteiger partial charge in [-0.25, -0.2) is 9.37 Å². The molecule has 2 aromatic heterocycles. The minimum atomic E-state index is -0.753. The topological polar surface area (TPSA) is 127 Å². The second-order valence-corrected chi connectivity index (χ2v) is 8.12. The molecule has 0 aliphatic carbocycles. The molecule has 0 saturated heterocycles. The minimum Gasteiger partial charge on any atom is -0.479 e. The van der Waals surface area contributed by atoms with Crippen LogP contribution in [0.4, 0.5) is 4.39 Å². The highest BCUT2D eigenvalue weighted by molar-refractivity contribution is 5.95. The molecule has 1 unspecified atom stereocenters. The number of nitrogens with zero attached hydrogens (tertiary/aromatic N) is 3. The Morgan fingerprint density at radius 3 is 2.51 bits per heavy atom. The summed E-state index contributed by atoms with van der Waals surface area (Å²) in [4.78, 5) is 32.6. The molecule has 2 heterocycles. The lowest BCUT2D eigenvalue weighted by molar-refractivity contribution is 0.0915. The van der Waals surface area contributed by atoms with Gasteiger partial charge >= 0.3 is 0 Å². The maximum atomic E-state index is 14.5. The number of nitrogens with one attached hydrogen (secondary N) is 1. The lowest BCUT2D eigenvalue weighted by atomic mass is 10.1. The standard InChI is InChI=1S/C24H27FN4O5.ClH/c1-5-20(33-16-7-9-19(26-11-16)21(31)13(2)3)24-28-22(29-34-24)15-6-8-17(18(25)10-15)23(32)27-14(4)12-30;/h6-11,13-14,20,30H,5,12H2,1-4H3,(H,27,32);1H/t14-,20?;/m1./s1. The monoisotopic (exact) mass is 506 g/mol. The number of hydrogen-bond acceptors (Lipinski definition) is 8. The number of ketones is 1. The van der Waals surface area contributed by atoms with Gasteiger partial charge in [0, 0.05) is 17.5 Å². The molecule has 35 heavy (non-hydrogen) atoms. The van der Waals surface area contributed by atoms with Crippen molar-refractivity contribution in [3.05, 3.63) is 59.5 Å². The van der Waals surface area contributed by atoms with E-state index in [1.165, 1.54) is 18.3 Å². The van der Waals surface area contributed by atoms with Crippen molar-refractivity contribution in [1.29, 1.82) is 0 Å². The Bertz CT molecular complexity index is 1150. The molecular weight excluding hydrogens is 479 g/mol. The SMILES string of the molecule is CCC(Oc1ccc(C(=O)C(C)C)nc1)c1nc(-c2ccc(C(=O)N[C@H](C)CO)c(F)c2)no1.Cl. The lowest BCUT2D eigenvalue weighted by Crippen LogP contribution is -2.35. The first kappa shape index (κ1) is 27.9. The van der Waals surface area contributed by atoms with Gasteiger partial charge in [0.15, 0.2) is 11.9 Å². The van der Waals surface area contributed by atoms with Gasteiger partial charge in [-0.15, -0.1) is 12.4 Å². The van der Waals surface area contributed by atoms with E-state index in [2.05, 4.69) is 20.4 Å². The third-order valence-electron chi connectivity index (χ3n) is 5.00. The van der Waals surface area contributed by atoms with Gasteiger partial charge in [-0.1, -0.05) is 32.0 Å². The van der Waals surface area contributed by atoms with Gasteiger partial charge in [-0.05, 0) is 37.6 Å². The molecule has 3 aromatic rings. The molecule has 0 aliphatic heterocycles. The maximum Gasteiger partial charge on any atom is 0.268 e. The van der Waals surface area contributed by atoms with E-state index in [1.54, 1.807) is 32.9 Å². The Morgan fingerprint density at radius 2 is 1.94 bits per heavy atom. The van der Waals surface area contributed by atoms with Crippen LogP contribution in [-0.2, 0) is 0 Å². The fourth-order valence-electron chi connectivity index (χ4n) is 3.03. The summed E-state index contributed by atoms with van der Waals surface area (Å²) in [7, 11) is 0. The van der Waals surface area contributed by atoms with E-state index in [0.29, 0.717) is 23.4 Å². The van der Waals surface area contributed by atoms with Crippen LogP contribution in [0.5, 0.6) is 5.75 Å². The number of carbonyl (C=O) groups excluding carboxylic acids is 2. The van der Waals surface area contributed by atoms with E-state index in [0.717, 1.165) is 6.07 Å². The van der Waals surface area contributed by atoms with Crippen LogP contribution < -0.4 is 10.1 Å². The highest BCUT2D eigenvalue weighted by Gasteiger charge is 2.22. The van der Waals surface area contributed by atoms with Crippen LogP contribution in [0.25, 0.3) is 11.4 Å². The second kappa shape index (κ2) is 12.4. The Labute approximate surface area is 208 Å². The predicted octanol–water partition coefficient (Wildman–Crippen LogP) is 4.17. The van der Waals surface area contributed by atoms with Crippen LogP contribution in [0.15, 0.2) is 41.1 Å². The highest BCUT2D eigenvalue weighted by Crippen LogP contribution is 2.26. The molecule has 0 fully saturated rings. The summed E-state index contributed by atoms with van der Waals surface area (Å²) in [6, 6.07) is 6.72. The Hall–Kier alpha value is -3.37. The largest absolute Gasteiger partial charge is 0.479 e. The van der Waals surface area contributed by atoms with Gasteiger partial charge in [0.2, 0.25) is 5.82 Å². The molecular formula is C24H28ClFN4O5. The fraction of sp³-hybridized carbons (Fsp3) is 0.375. The number of carbonyl (C=O) groups is 2. The first-order valence-electron chi connectivity index (χ1n) is 11.0. The van der Waals surface area contributed by atoms with Crippen LogP contribution in [0.2, 0.25) is 0 Å². The number of rotatable bonds is 10. The number of aliphatic hydroxyl groups excluding tert-OH is 1. The molecule has 9 nitrogen and oxygen atoms in total. The number of aliphatic hydroxyl groups is 1. The lowest BCUT2D eigenvalue weighted by Gasteiger charge is -2.13. The van der Waals surface area contributed by atoms with Gasteiger partial charge in [-0.2, -0.15) is 4.98 Å². The molecule has 2 N–H and O–H groups in total. The number of halogens is 2. The molecule has 0 bridgehead atoms. The van der Waals surface area contributed by atoms with Crippen molar-refractivity contribution >= 4 is 24.1 Å². The zero-order valence-corrected chi connectivity index (χ0v) is 20.6. The number of pyridine rings is 1. The van der Waals surface area contributed by atoms with Gasteiger partial charge in [0.25, 0.3) is 11.8 Å². The van der Waals surface area contributed by atoms with Crippen LogP contribution >= 0.6 is 12.4 Å². The molecule has 0 spiro atoms. The molecule has 3 rings (SSSR count). The molecule has 0 radical (unpaired) electrons. The van der Waals surface area contributed by atoms with E-state index in [4.69, 9.17) is 14.4 Å². The number of hydrogen-bond donors (Lipinski definition) is 2. The minimum absolute atomic E-state index is 0. The smallest absolute Gasteiger partial charge is 0.268 e. The molecule has 1 amide bonds. The first-order valence-corrected chi connectivity index (χ1v) is 11.0. The van der Waals surface area contributed by atoms with E-state index >= 15 is 0 Å². The molecule has 11 heteroatoms. The van der Waals surface area contributed by atoms with Gasteiger partial charge in [0.1, 0.15) is 17.3 Å². The fourth-order valence-corrected chi connectivity index (χ4v) is 3.03. The molecule has 2 atom stereocenters. The normalized spacial score (nSPS) is 12.5. The van der Waals surface area contributed by atoms with E-state index in [1.807, 2.05) is 6.92 Å². The number of Topliss-reactive ketones (excluding diaryl/α,β-unsaturated/α-hetero) is 1. The van der Waals surface area contributed by atoms with E-state index in [-0.39, 0.29) is 48.0 Å². The van der Waals surface area contributed by atoms with Crippen molar-refractivity contribution in [3.63, 3.8) is 0 Å². The summed E-state index contributed by atoms with van der Waals surface area (Å²) in [5, 5.41) is 15.4. The summed E-state index contributed by atoms with van der Waals surface area (Å²) < 4.78 is 25.8. The maximum absolute atomic E-state index is 14.5. The number of aromatic nitrogens is 3. The van der Waals surface area contributed by atoms with Crippen molar-refractivity contribution in [2.24, 2.45) is 5.92 Å². The summed E-state index contributed by atoms with van der Waals surface area (Å²) in [6.45, 7) is 6.83. The third-order valence-corrected chi connectivity index (χ3v) is 5.00. The highest BCUT2D eigenvalue weighted by atomic mass is 35.5. The predicted molar refractivity (Wildman–Crippen MR) is 128 cm³/mol. The molecule has 0 saturated carbocycles. The summed E-state index contributed by atoms with van der Waals surface area (Å²) in [5.41, 5.74) is 0.530. The zero-order valence-electron chi connectivity index (χ0n) is 19.8. The Balaban J connectivity index is 0.00000432. The molecule has 188 valence electrons. The Kier molecular flexibility index (Phi) is 9.85.